The third-order valence-electron chi connectivity index (χ3n) is 3.08. The Morgan fingerprint density at radius 2 is 1.77 bits per heavy atom. The van der Waals surface area contributed by atoms with Crippen molar-refractivity contribution in [1.82, 2.24) is 9.97 Å². The third-order valence-corrected chi connectivity index (χ3v) is 3.08. The molecule has 1 N–H and O–H groups in total. The number of carbonyl (C=O) groups is 1. The Bertz CT molecular complexity index is 803. The number of nitrogens with zero attached hydrogens (tertiary/aromatic N) is 2. The molecular weight excluding hydrogens is 278 g/mol. The fourth-order valence-corrected chi connectivity index (χ4v) is 2.12. The van der Waals surface area contributed by atoms with Crippen LogP contribution in [-0.4, -0.2) is 22.5 Å². The van der Waals surface area contributed by atoms with Crippen molar-refractivity contribution < 1.29 is 9.53 Å². The van der Waals surface area contributed by atoms with Crippen molar-refractivity contribution in [2.45, 2.75) is 6.92 Å². The summed E-state index contributed by atoms with van der Waals surface area (Å²) in [5, 5.41) is 3.56. The van der Waals surface area contributed by atoms with Gasteiger partial charge in [-0.3, -0.25) is 4.79 Å². The number of hydrogen-bond acceptors (Lipinski definition) is 4. The number of anilines is 1. The molecule has 0 aliphatic rings. The van der Waals surface area contributed by atoms with Gasteiger partial charge in [-0.2, -0.15) is 4.98 Å². The van der Waals surface area contributed by atoms with Gasteiger partial charge in [0, 0.05) is 5.69 Å². The molecule has 0 spiro atoms. The molecule has 110 valence electrons. The van der Waals surface area contributed by atoms with Crippen molar-refractivity contribution >= 4 is 22.5 Å². The largest absolute Gasteiger partial charge is 0.467 e. The second-order valence-electron chi connectivity index (χ2n) is 4.80. The molecule has 0 saturated carbocycles. The molecule has 0 saturated heterocycles. The standard InChI is InChI=1S/C17H15N3O2/c1-12-18-15-10-6-5-9-14(15)17(19-12)22-11-16(21)20-13-7-3-2-4-8-13/h2-10H,11H2,1H3,(H,20,21). The summed E-state index contributed by atoms with van der Waals surface area (Å²) in [4.78, 5) is 20.5. The van der Waals surface area contributed by atoms with E-state index in [2.05, 4.69) is 15.3 Å². The number of carbonyl (C=O) groups excluding carboxylic acids is 1. The third kappa shape index (κ3) is 3.20. The number of para-hydroxylation sites is 2. The maximum atomic E-state index is 11.9. The minimum Gasteiger partial charge on any atom is -0.467 e. The SMILES string of the molecule is Cc1nc(OCC(=O)Nc2ccccc2)c2ccccc2n1. The Kier molecular flexibility index (Phi) is 3.96. The van der Waals surface area contributed by atoms with Gasteiger partial charge in [-0.15, -0.1) is 0 Å². The van der Waals surface area contributed by atoms with Crippen LogP contribution in [0.1, 0.15) is 5.82 Å². The van der Waals surface area contributed by atoms with E-state index in [9.17, 15) is 4.79 Å². The van der Waals surface area contributed by atoms with Gasteiger partial charge in [0.2, 0.25) is 5.88 Å². The summed E-state index contributed by atoms with van der Waals surface area (Å²) in [5.74, 6) is 0.801. The lowest BCUT2D eigenvalue weighted by Gasteiger charge is -2.09. The first-order valence-corrected chi connectivity index (χ1v) is 6.93. The predicted molar refractivity (Wildman–Crippen MR) is 84.8 cm³/mol. The molecule has 1 heterocycles. The highest BCUT2D eigenvalue weighted by molar-refractivity contribution is 5.92. The van der Waals surface area contributed by atoms with Crippen LogP contribution >= 0.6 is 0 Å². The Labute approximate surface area is 128 Å². The van der Waals surface area contributed by atoms with Crippen LogP contribution in [0, 0.1) is 6.92 Å². The van der Waals surface area contributed by atoms with Gasteiger partial charge in [-0.05, 0) is 31.2 Å². The topological polar surface area (TPSA) is 64.1 Å². The average Bonchev–Trinajstić information content (AvgIpc) is 2.53. The van der Waals surface area contributed by atoms with Gasteiger partial charge < -0.3 is 10.1 Å². The second-order valence-corrected chi connectivity index (χ2v) is 4.80. The normalized spacial score (nSPS) is 10.4. The van der Waals surface area contributed by atoms with Gasteiger partial charge in [0.05, 0.1) is 10.9 Å². The number of benzene rings is 2. The van der Waals surface area contributed by atoms with Crippen LogP contribution in [0.15, 0.2) is 54.6 Å². The number of aryl methyl sites for hydroxylation is 1. The predicted octanol–water partition coefficient (Wildman–Crippen LogP) is 2.96. The van der Waals surface area contributed by atoms with Crippen molar-refractivity contribution in [1.29, 1.82) is 0 Å². The molecule has 3 aromatic rings. The van der Waals surface area contributed by atoms with E-state index in [0.717, 1.165) is 16.6 Å². The van der Waals surface area contributed by atoms with Gasteiger partial charge >= 0.3 is 0 Å². The quantitative estimate of drug-likeness (QED) is 0.803. The molecule has 0 aliphatic heterocycles. The van der Waals surface area contributed by atoms with Crippen LogP contribution in [0.5, 0.6) is 5.88 Å². The van der Waals surface area contributed by atoms with Crippen molar-refractivity contribution in [3.63, 3.8) is 0 Å². The van der Waals surface area contributed by atoms with Crippen molar-refractivity contribution in [3.8, 4) is 5.88 Å². The van der Waals surface area contributed by atoms with E-state index < -0.39 is 0 Å². The maximum Gasteiger partial charge on any atom is 0.262 e. The van der Waals surface area contributed by atoms with E-state index in [-0.39, 0.29) is 12.5 Å². The van der Waals surface area contributed by atoms with E-state index in [0.29, 0.717) is 11.7 Å². The number of nitrogens with one attached hydrogen (secondary N) is 1. The molecule has 0 fully saturated rings. The highest BCUT2D eigenvalue weighted by Crippen LogP contribution is 2.21. The minimum absolute atomic E-state index is 0.102. The van der Waals surface area contributed by atoms with E-state index in [1.165, 1.54) is 0 Å². The summed E-state index contributed by atoms with van der Waals surface area (Å²) in [6, 6.07) is 16.8. The molecule has 5 nitrogen and oxygen atoms in total. The number of aromatic nitrogens is 2. The van der Waals surface area contributed by atoms with Gasteiger partial charge in [0.25, 0.3) is 5.91 Å². The summed E-state index contributed by atoms with van der Waals surface area (Å²) in [5.41, 5.74) is 1.54. The molecule has 0 radical (unpaired) electrons. The first kappa shape index (κ1) is 14.0. The number of amides is 1. The summed E-state index contributed by atoms with van der Waals surface area (Å²) in [7, 11) is 0. The summed E-state index contributed by atoms with van der Waals surface area (Å²) in [6.07, 6.45) is 0. The Morgan fingerprint density at radius 3 is 2.59 bits per heavy atom. The fourth-order valence-electron chi connectivity index (χ4n) is 2.12. The molecule has 0 aliphatic carbocycles. The zero-order chi connectivity index (χ0) is 15.4. The van der Waals surface area contributed by atoms with Gasteiger partial charge in [0.15, 0.2) is 6.61 Å². The van der Waals surface area contributed by atoms with E-state index in [1.54, 1.807) is 6.92 Å². The molecular formula is C17H15N3O2. The molecule has 1 amide bonds. The smallest absolute Gasteiger partial charge is 0.262 e. The van der Waals surface area contributed by atoms with Crippen molar-refractivity contribution in [2.24, 2.45) is 0 Å². The maximum absolute atomic E-state index is 11.9. The molecule has 3 rings (SSSR count). The van der Waals surface area contributed by atoms with Crippen LogP contribution in [0.3, 0.4) is 0 Å². The Hall–Kier alpha value is -2.95. The average molecular weight is 293 g/mol. The van der Waals surface area contributed by atoms with E-state index in [1.807, 2.05) is 54.6 Å². The highest BCUT2D eigenvalue weighted by Gasteiger charge is 2.09. The first-order valence-electron chi connectivity index (χ1n) is 6.93. The molecule has 0 unspecified atom stereocenters. The first-order chi connectivity index (χ1) is 10.7. The second kappa shape index (κ2) is 6.22. The zero-order valence-corrected chi connectivity index (χ0v) is 12.1. The molecule has 1 aromatic heterocycles. The number of ether oxygens (including phenoxy) is 1. The molecule has 22 heavy (non-hydrogen) atoms. The monoisotopic (exact) mass is 293 g/mol. The number of fused-ring (bicyclic) bond motifs is 1. The Balaban J connectivity index is 1.72. The molecule has 2 aromatic carbocycles. The molecule has 0 bridgehead atoms. The highest BCUT2D eigenvalue weighted by atomic mass is 16.5. The van der Waals surface area contributed by atoms with Crippen LogP contribution < -0.4 is 10.1 Å². The van der Waals surface area contributed by atoms with Gasteiger partial charge in [0.1, 0.15) is 5.82 Å². The van der Waals surface area contributed by atoms with Crippen LogP contribution in [-0.2, 0) is 4.79 Å². The summed E-state index contributed by atoms with van der Waals surface area (Å²) < 4.78 is 5.57. The Morgan fingerprint density at radius 1 is 1.05 bits per heavy atom. The van der Waals surface area contributed by atoms with Gasteiger partial charge in [-0.25, -0.2) is 4.98 Å². The van der Waals surface area contributed by atoms with Crippen molar-refractivity contribution in [2.75, 3.05) is 11.9 Å². The summed E-state index contributed by atoms with van der Waals surface area (Å²) in [6.45, 7) is 1.69. The van der Waals surface area contributed by atoms with Gasteiger partial charge in [-0.1, -0.05) is 30.3 Å². The van der Waals surface area contributed by atoms with E-state index >= 15 is 0 Å². The molecule has 0 atom stereocenters. The lowest BCUT2D eigenvalue weighted by Crippen LogP contribution is -2.20. The lowest BCUT2D eigenvalue weighted by atomic mass is 10.2. The summed E-state index contributed by atoms with van der Waals surface area (Å²) >= 11 is 0. The minimum atomic E-state index is -0.230. The number of hydrogen-bond donors (Lipinski definition) is 1. The van der Waals surface area contributed by atoms with Crippen LogP contribution in [0.4, 0.5) is 5.69 Å². The fraction of sp³-hybridized carbons (Fsp3) is 0.118. The van der Waals surface area contributed by atoms with Crippen molar-refractivity contribution in [3.05, 3.63) is 60.4 Å². The number of rotatable bonds is 4. The van der Waals surface area contributed by atoms with Crippen LogP contribution in [0.2, 0.25) is 0 Å². The molecule has 5 heteroatoms. The lowest BCUT2D eigenvalue weighted by molar-refractivity contribution is -0.118. The van der Waals surface area contributed by atoms with E-state index in [4.69, 9.17) is 4.74 Å². The zero-order valence-electron chi connectivity index (χ0n) is 12.1. The van der Waals surface area contributed by atoms with Crippen LogP contribution in [0.25, 0.3) is 10.9 Å².